The zero-order chi connectivity index (χ0) is 25.2. The van der Waals surface area contributed by atoms with Crippen molar-refractivity contribution < 1.29 is 29.2 Å². The topological polar surface area (TPSA) is 109 Å². The summed E-state index contributed by atoms with van der Waals surface area (Å²) in [6, 6.07) is 5.52. The summed E-state index contributed by atoms with van der Waals surface area (Å²) in [5, 5.41) is 30.9. The van der Waals surface area contributed by atoms with Crippen LogP contribution in [-0.2, 0) is 11.2 Å². The van der Waals surface area contributed by atoms with Crippen molar-refractivity contribution in [1.82, 2.24) is 0 Å². The van der Waals surface area contributed by atoms with Crippen LogP contribution in [0.5, 0.6) is 23.0 Å². The molecule has 3 N–H and O–H groups in total. The van der Waals surface area contributed by atoms with Crippen LogP contribution in [-0.4, -0.2) is 35.1 Å². The first-order valence-corrected chi connectivity index (χ1v) is 10.8. The summed E-state index contributed by atoms with van der Waals surface area (Å²) >= 11 is 0. The highest BCUT2D eigenvalue weighted by Gasteiger charge is 2.28. The molecule has 0 amide bonds. The maximum absolute atomic E-state index is 13.5. The Bertz CT molecular complexity index is 1340. The molecule has 1 aromatic heterocycles. The molecule has 2 aromatic carbocycles. The first-order chi connectivity index (χ1) is 16.0. The second-order valence-corrected chi connectivity index (χ2v) is 8.88. The monoisotopic (exact) mass is 466 g/mol. The summed E-state index contributed by atoms with van der Waals surface area (Å²) in [6.45, 7) is 7.59. The zero-order valence-corrected chi connectivity index (χ0v) is 20.2. The molecule has 3 aromatic rings. The lowest BCUT2D eigenvalue weighted by Gasteiger charge is -2.28. The van der Waals surface area contributed by atoms with Crippen molar-refractivity contribution in [2.24, 2.45) is 0 Å². The number of phenols is 3. The lowest BCUT2D eigenvalue weighted by atomic mass is 9.96. The van der Waals surface area contributed by atoms with Crippen LogP contribution in [0.15, 0.2) is 51.2 Å². The number of benzene rings is 2. The number of ether oxygens (including phenoxy) is 2. The second-order valence-electron chi connectivity index (χ2n) is 8.88. The van der Waals surface area contributed by atoms with Gasteiger partial charge in [-0.25, -0.2) is 0 Å². The largest absolute Gasteiger partial charge is 0.508 e. The maximum atomic E-state index is 13.5. The molecule has 34 heavy (non-hydrogen) atoms. The molecule has 0 fully saturated rings. The van der Waals surface area contributed by atoms with Crippen molar-refractivity contribution in [2.75, 3.05) is 14.2 Å². The van der Waals surface area contributed by atoms with E-state index < -0.39 is 5.60 Å². The highest BCUT2D eigenvalue weighted by atomic mass is 16.5. The standard InChI is InChI=1S/C25H24O6.C2H6O/c1-13(2)5-7-17-22(29)21-19(28)12-20-16(9-10-25(3,4)31-20)24(21)30-23(17)15-8-6-14(26)11-18(15)27;1-3-2/h5-6,8-12,26-28H,7H2,1-4H3;1-2H3. The molecule has 4 rings (SSSR count). The lowest BCUT2D eigenvalue weighted by molar-refractivity contribution is 0.158. The predicted molar refractivity (Wildman–Crippen MR) is 133 cm³/mol. The van der Waals surface area contributed by atoms with Crippen LogP contribution in [0.1, 0.15) is 38.8 Å². The van der Waals surface area contributed by atoms with Gasteiger partial charge in [0.2, 0.25) is 5.43 Å². The molecule has 0 bridgehead atoms. The first kappa shape index (κ1) is 24.9. The maximum Gasteiger partial charge on any atom is 0.200 e. The fourth-order valence-corrected chi connectivity index (χ4v) is 3.64. The number of fused-ring (bicyclic) bond motifs is 3. The number of hydrogen-bond donors (Lipinski definition) is 3. The van der Waals surface area contributed by atoms with E-state index in [-0.39, 0.29) is 51.4 Å². The number of methoxy groups -OCH3 is 1. The number of allylic oxidation sites excluding steroid dienone is 2. The van der Waals surface area contributed by atoms with Gasteiger partial charge >= 0.3 is 0 Å². The predicted octanol–water partition coefficient (Wildman–Crippen LogP) is 5.53. The minimum Gasteiger partial charge on any atom is -0.508 e. The number of aromatic hydroxyl groups is 3. The molecule has 1 aliphatic rings. The molecule has 7 nitrogen and oxygen atoms in total. The van der Waals surface area contributed by atoms with Crippen molar-refractivity contribution in [3.63, 3.8) is 0 Å². The summed E-state index contributed by atoms with van der Waals surface area (Å²) in [7, 11) is 3.25. The summed E-state index contributed by atoms with van der Waals surface area (Å²) in [5.41, 5.74) is 1.33. The van der Waals surface area contributed by atoms with Crippen LogP contribution in [0.2, 0.25) is 0 Å². The highest BCUT2D eigenvalue weighted by Crippen LogP contribution is 2.42. The van der Waals surface area contributed by atoms with Gasteiger partial charge in [0.1, 0.15) is 39.7 Å². The van der Waals surface area contributed by atoms with Crippen LogP contribution in [0.4, 0.5) is 0 Å². The Balaban J connectivity index is 0.00000103. The summed E-state index contributed by atoms with van der Waals surface area (Å²) in [6.07, 6.45) is 5.78. The van der Waals surface area contributed by atoms with E-state index in [1.807, 2.05) is 39.8 Å². The van der Waals surface area contributed by atoms with Crippen LogP contribution in [0.25, 0.3) is 28.4 Å². The van der Waals surface area contributed by atoms with Gasteiger partial charge < -0.3 is 29.2 Å². The van der Waals surface area contributed by atoms with Crippen LogP contribution < -0.4 is 10.2 Å². The summed E-state index contributed by atoms with van der Waals surface area (Å²) in [4.78, 5) is 13.5. The first-order valence-electron chi connectivity index (χ1n) is 10.8. The van der Waals surface area contributed by atoms with Gasteiger partial charge in [-0.1, -0.05) is 11.6 Å². The molecule has 1 aliphatic heterocycles. The van der Waals surface area contributed by atoms with Gasteiger partial charge in [-0.05, 0) is 58.4 Å². The number of phenolic OH excluding ortho intramolecular Hbond substituents is 3. The average molecular weight is 467 g/mol. The SMILES string of the molecule is CC(C)=CCc1c(-c2ccc(O)cc2O)oc2c3c(cc(O)c2c1=O)OC(C)(C)C=C3.COC. The van der Waals surface area contributed by atoms with E-state index in [0.717, 1.165) is 5.57 Å². The molecule has 0 spiro atoms. The smallest absolute Gasteiger partial charge is 0.200 e. The lowest BCUT2D eigenvalue weighted by Crippen LogP contribution is -2.27. The van der Waals surface area contributed by atoms with Crippen molar-refractivity contribution in [3.8, 4) is 34.3 Å². The Hall–Kier alpha value is -3.71. The van der Waals surface area contributed by atoms with E-state index in [9.17, 15) is 20.1 Å². The van der Waals surface area contributed by atoms with Crippen molar-refractivity contribution >= 4 is 17.0 Å². The van der Waals surface area contributed by atoms with Crippen LogP contribution in [0.3, 0.4) is 0 Å². The van der Waals surface area contributed by atoms with E-state index in [0.29, 0.717) is 16.9 Å². The summed E-state index contributed by atoms with van der Waals surface area (Å²) in [5.74, 6) is 0.0253. The molecule has 0 radical (unpaired) electrons. The third-order valence-electron chi connectivity index (χ3n) is 5.21. The van der Waals surface area contributed by atoms with Crippen LogP contribution in [0, 0.1) is 0 Å². The second kappa shape index (κ2) is 9.65. The Kier molecular flexibility index (Phi) is 7.07. The number of rotatable bonds is 3. The Morgan fingerprint density at radius 1 is 1.09 bits per heavy atom. The molecule has 7 heteroatoms. The molecule has 0 aliphatic carbocycles. The van der Waals surface area contributed by atoms with Crippen molar-refractivity contribution in [2.45, 2.75) is 39.7 Å². The molecular weight excluding hydrogens is 436 g/mol. The minimum absolute atomic E-state index is 0.0610. The van der Waals surface area contributed by atoms with Gasteiger partial charge in [0.05, 0.1) is 11.1 Å². The number of hydrogen-bond acceptors (Lipinski definition) is 7. The average Bonchev–Trinajstić information content (AvgIpc) is 2.72. The zero-order valence-electron chi connectivity index (χ0n) is 20.2. The van der Waals surface area contributed by atoms with Crippen LogP contribution >= 0.6 is 0 Å². The molecule has 0 atom stereocenters. The van der Waals surface area contributed by atoms with Gasteiger partial charge in [0.15, 0.2) is 5.58 Å². The van der Waals surface area contributed by atoms with Gasteiger partial charge in [-0.3, -0.25) is 4.79 Å². The Morgan fingerprint density at radius 3 is 2.38 bits per heavy atom. The van der Waals surface area contributed by atoms with Gasteiger partial charge in [-0.15, -0.1) is 0 Å². The fraction of sp³-hybridized carbons (Fsp3) is 0.296. The normalized spacial score (nSPS) is 13.5. The van der Waals surface area contributed by atoms with Crippen molar-refractivity contribution in [3.05, 3.63) is 63.3 Å². The van der Waals surface area contributed by atoms with Gasteiger partial charge in [0.25, 0.3) is 0 Å². The summed E-state index contributed by atoms with van der Waals surface area (Å²) < 4.78 is 16.4. The third-order valence-corrected chi connectivity index (χ3v) is 5.21. The molecule has 0 unspecified atom stereocenters. The van der Waals surface area contributed by atoms with E-state index in [1.54, 1.807) is 20.3 Å². The molecule has 180 valence electrons. The van der Waals surface area contributed by atoms with E-state index in [1.165, 1.54) is 24.3 Å². The van der Waals surface area contributed by atoms with E-state index in [2.05, 4.69) is 4.74 Å². The molecule has 0 saturated carbocycles. The van der Waals surface area contributed by atoms with Gasteiger partial charge in [0, 0.05) is 31.9 Å². The Morgan fingerprint density at radius 2 is 1.76 bits per heavy atom. The molecule has 0 saturated heterocycles. The molecule has 2 heterocycles. The van der Waals surface area contributed by atoms with Gasteiger partial charge in [-0.2, -0.15) is 0 Å². The third kappa shape index (κ3) is 4.94. The van der Waals surface area contributed by atoms with E-state index >= 15 is 0 Å². The minimum atomic E-state index is -0.575. The van der Waals surface area contributed by atoms with E-state index in [4.69, 9.17) is 9.15 Å². The Labute approximate surface area is 198 Å². The van der Waals surface area contributed by atoms with Crippen molar-refractivity contribution in [1.29, 1.82) is 0 Å². The quantitative estimate of drug-likeness (QED) is 0.435. The highest BCUT2D eigenvalue weighted by molar-refractivity contribution is 5.95. The molecular formula is C27H30O7. The fourth-order valence-electron chi connectivity index (χ4n) is 3.64.